The van der Waals surface area contributed by atoms with Gasteiger partial charge in [-0.3, -0.25) is 4.79 Å². The Morgan fingerprint density at radius 2 is 1.77 bits per heavy atom. The molecule has 0 aromatic heterocycles. The highest BCUT2D eigenvalue weighted by atomic mass is 35.6. The number of fused-ring (bicyclic) bond motifs is 5. The molecular weight excluding hydrogens is 517 g/mol. The summed E-state index contributed by atoms with van der Waals surface area (Å²) in [5.41, 5.74) is -0.430. The molecule has 0 radical (unpaired) electrons. The molecule has 0 saturated heterocycles. The van der Waals surface area contributed by atoms with E-state index in [0.717, 1.165) is 32.1 Å². The van der Waals surface area contributed by atoms with E-state index in [-0.39, 0.29) is 47.4 Å². The van der Waals surface area contributed by atoms with Gasteiger partial charge in [0, 0.05) is 13.2 Å². The van der Waals surface area contributed by atoms with E-state index in [2.05, 4.69) is 19.2 Å². The molecule has 4 aliphatic carbocycles. The van der Waals surface area contributed by atoms with Crippen molar-refractivity contribution in [3.63, 3.8) is 0 Å². The molecule has 4 fully saturated rings. The monoisotopic (exact) mass is 553 g/mol. The van der Waals surface area contributed by atoms with Crippen LogP contribution in [0.1, 0.15) is 58.8 Å². The van der Waals surface area contributed by atoms with E-state index in [1.165, 1.54) is 7.11 Å². The van der Waals surface area contributed by atoms with E-state index >= 15 is 0 Å². The molecular formula is C25H38Cl3NO6. The summed E-state index contributed by atoms with van der Waals surface area (Å²) in [4.78, 5) is 25.6. The number of ether oxygens (including phenoxy) is 3. The Morgan fingerprint density at radius 3 is 2.40 bits per heavy atom. The molecule has 1 amide bonds. The summed E-state index contributed by atoms with van der Waals surface area (Å²) in [6.07, 6.45) is 4.49. The third-order valence-electron chi connectivity index (χ3n) is 10.1. The molecule has 0 spiro atoms. The van der Waals surface area contributed by atoms with Crippen molar-refractivity contribution in [3.8, 4) is 0 Å². The van der Waals surface area contributed by atoms with Crippen molar-refractivity contribution < 1.29 is 28.9 Å². The predicted molar refractivity (Wildman–Crippen MR) is 133 cm³/mol. The van der Waals surface area contributed by atoms with Gasteiger partial charge in [-0.25, -0.2) is 4.79 Å². The number of amides is 1. The number of alkyl halides is 3. The van der Waals surface area contributed by atoms with Crippen molar-refractivity contribution in [1.82, 2.24) is 5.32 Å². The third kappa shape index (κ3) is 5.01. The lowest BCUT2D eigenvalue weighted by Gasteiger charge is -2.63. The van der Waals surface area contributed by atoms with Crippen LogP contribution in [0.15, 0.2) is 0 Å². The molecule has 0 aromatic carbocycles. The summed E-state index contributed by atoms with van der Waals surface area (Å²) in [5, 5.41) is 13.8. The fourth-order valence-electron chi connectivity index (χ4n) is 8.69. The summed E-state index contributed by atoms with van der Waals surface area (Å²) in [6.45, 7) is 4.12. The largest absolute Gasteiger partial charge is 0.469 e. The predicted octanol–water partition coefficient (Wildman–Crippen LogP) is 4.88. The number of rotatable bonds is 4. The Balaban J connectivity index is 1.68. The first-order valence-corrected chi connectivity index (χ1v) is 13.8. The fraction of sp³-hybridized carbons (Fsp3) is 0.920. The average molecular weight is 555 g/mol. The molecule has 0 aliphatic heterocycles. The molecule has 35 heavy (non-hydrogen) atoms. The molecule has 10 heteroatoms. The van der Waals surface area contributed by atoms with Crippen LogP contribution in [0.25, 0.3) is 0 Å². The second-order valence-electron chi connectivity index (χ2n) is 11.7. The second-order valence-corrected chi connectivity index (χ2v) is 14.2. The molecule has 4 rings (SSSR count). The van der Waals surface area contributed by atoms with E-state index < -0.39 is 16.0 Å². The Bertz CT molecular complexity index is 824. The van der Waals surface area contributed by atoms with Crippen molar-refractivity contribution in [2.75, 3.05) is 20.8 Å². The lowest BCUT2D eigenvalue weighted by molar-refractivity contribution is -0.178. The SMILES string of the molecule is COC(=O)C1CC[C@H]2[C@@H]3CCC4CC(O)C(OC)C[C@]4(C)[C@@H]3C(NC(=O)OCC(Cl)(Cl)Cl)C[C@]12C. The Morgan fingerprint density at radius 1 is 1.06 bits per heavy atom. The van der Waals surface area contributed by atoms with Crippen molar-refractivity contribution in [1.29, 1.82) is 0 Å². The van der Waals surface area contributed by atoms with Crippen LogP contribution in [-0.2, 0) is 19.0 Å². The molecule has 4 aliphatic rings. The Hall–Kier alpha value is -0.470. The highest BCUT2D eigenvalue weighted by molar-refractivity contribution is 6.67. The van der Waals surface area contributed by atoms with Crippen LogP contribution >= 0.6 is 34.8 Å². The zero-order valence-corrected chi connectivity index (χ0v) is 23.2. The Labute approximate surface area is 222 Å². The van der Waals surface area contributed by atoms with Crippen LogP contribution in [0.3, 0.4) is 0 Å². The highest BCUT2D eigenvalue weighted by Crippen LogP contribution is 2.67. The lowest BCUT2D eigenvalue weighted by Crippen LogP contribution is -2.64. The molecule has 10 atom stereocenters. The van der Waals surface area contributed by atoms with Crippen LogP contribution in [-0.4, -0.2) is 60.0 Å². The first kappa shape index (κ1) is 27.6. The standard InChI is InChI=1S/C25H38Cl3NO6/c1-23-11-19(33-3)18(30)9-13(23)5-6-14-15-7-8-16(21(31)34-4)24(15,2)10-17(20(14)23)29-22(32)35-12-25(26,27)28/h13-20,30H,5-12H2,1-4H3,(H,29,32)/t13?,14-,15-,16?,17?,18?,19?,20-,23-,24-/m0/s1. The summed E-state index contributed by atoms with van der Waals surface area (Å²) >= 11 is 17.4. The van der Waals surface area contributed by atoms with Gasteiger partial charge in [0.15, 0.2) is 0 Å². The summed E-state index contributed by atoms with van der Waals surface area (Å²) < 4.78 is 14.4. The van der Waals surface area contributed by atoms with Gasteiger partial charge in [0.2, 0.25) is 3.79 Å². The number of nitrogens with one attached hydrogen (secondary N) is 1. The highest BCUT2D eigenvalue weighted by Gasteiger charge is 2.65. The van der Waals surface area contributed by atoms with Gasteiger partial charge < -0.3 is 24.6 Å². The number of carbonyl (C=O) groups excluding carboxylic acids is 2. The van der Waals surface area contributed by atoms with Gasteiger partial charge in [-0.1, -0.05) is 48.7 Å². The number of hydrogen-bond acceptors (Lipinski definition) is 6. The number of aliphatic hydroxyl groups is 1. The molecule has 5 unspecified atom stereocenters. The zero-order valence-electron chi connectivity index (χ0n) is 20.9. The third-order valence-corrected chi connectivity index (χ3v) is 10.4. The number of aliphatic hydroxyl groups excluding tert-OH is 1. The number of esters is 1. The van der Waals surface area contributed by atoms with Gasteiger partial charge in [-0.2, -0.15) is 0 Å². The topological polar surface area (TPSA) is 94.1 Å². The van der Waals surface area contributed by atoms with Crippen LogP contribution < -0.4 is 5.32 Å². The first-order valence-electron chi connectivity index (χ1n) is 12.6. The molecule has 4 saturated carbocycles. The van der Waals surface area contributed by atoms with E-state index in [1.807, 2.05) is 0 Å². The summed E-state index contributed by atoms with van der Waals surface area (Å²) in [5.74, 6) is 0.792. The van der Waals surface area contributed by atoms with Crippen LogP contribution in [0, 0.1) is 40.4 Å². The maximum absolute atomic E-state index is 12.9. The van der Waals surface area contributed by atoms with Gasteiger partial charge in [-0.15, -0.1) is 0 Å². The lowest BCUT2D eigenvalue weighted by atomic mass is 9.43. The minimum absolute atomic E-state index is 0.138. The minimum atomic E-state index is -1.70. The van der Waals surface area contributed by atoms with Gasteiger partial charge in [0.1, 0.15) is 6.61 Å². The van der Waals surface area contributed by atoms with Gasteiger partial charge in [0.05, 0.1) is 25.2 Å². The molecule has 0 bridgehead atoms. The van der Waals surface area contributed by atoms with E-state index in [0.29, 0.717) is 30.6 Å². The minimum Gasteiger partial charge on any atom is -0.469 e. The molecule has 0 aromatic rings. The fourth-order valence-corrected chi connectivity index (χ4v) is 8.85. The van der Waals surface area contributed by atoms with Gasteiger partial charge in [-0.05, 0) is 79.4 Å². The van der Waals surface area contributed by atoms with Crippen LogP contribution in [0.2, 0.25) is 0 Å². The number of carbonyl (C=O) groups is 2. The zero-order chi connectivity index (χ0) is 25.8. The number of alkyl carbamates (subject to hydrolysis) is 1. The van der Waals surface area contributed by atoms with Crippen molar-refractivity contribution in [2.24, 2.45) is 40.4 Å². The normalized spacial score (nSPS) is 45.0. The first-order chi connectivity index (χ1) is 16.3. The quantitative estimate of drug-likeness (QED) is 0.380. The van der Waals surface area contributed by atoms with E-state index in [1.54, 1.807) is 7.11 Å². The summed E-state index contributed by atoms with van der Waals surface area (Å²) in [6, 6.07) is -0.227. The van der Waals surface area contributed by atoms with Crippen molar-refractivity contribution >= 4 is 46.9 Å². The Kier molecular flexibility index (Phi) is 7.88. The van der Waals surface area contributed by atoms with Crippen molar-refractivity contribution in [3.05, 3.63) is 0 Å². The van der Waals surface area contributed by atoms with Crippen LogP contribution in [0.4, 0.5) is 4.79 Å². The van der Waals surface area contributed by atoms with E-state index in [9.17, 15) is 14.7 Å². The smallest absolute Gasteiger partial charge is 0.407 e. The second kappa shape index (κ2) is 10.0. The maximum atomic E-state index is 12.9. The molecule has 200 valence electrons. The number of hydrogen-bond donors (Lipinski definition) is 2. The molecule has 0 heterocycles. The summed E-state index contributed by atoms with van der Waals surface area (Å²) in [7, 11) is 3.09. The number of methoxy groups -OCH3 is 2. The maximum Gasteiger partial charge on any atom is 0.407 e. The van der Waals surface area contributed by atoms with Crippen molar-refractivity contribution in [2.45, 2.75) is 80.8 Å². The molecule has 7 nitrogen and oxygen atoms in total. The number of halogens is 3. The van der Waals surface area contributed by atoms with Gasteiger partial charge in [0.25, 0.3) is 0 Å². The van der Waals surface area contributed by atoms with E-state index in [4.69, 9.17) is 49.0 Å². The molecule has 2 N–H and O–H groups in total. The van der Waals surface area contributed by atoms with Gasteiger partial charge >= 0.3 is 12.1 Å². The van der Waals surface area contributed by atoms with Crippen LogP contribution in [0.5, 0.6) is 0 Å². The average Bonchev–Trinajstić information content (AvgIpc) is 3.13.